The van der Waals surface area contributed by atoms with Gasteiger partial charge in [0.2, 0.25) is 0 Å². The third kappa shape index (κ3) is 4.55. The van der Waals surface area contributed by atoms with Crippen molar-refractivity contribution in [1.29, 1.82) is 0 Å². The number of nitrogens with one attached hydrogen (secondary N) is 1. The van der Waals surface area contributed by atoms with Gasteiger partial charge in [0, 0.05) is 74.0 Å². The number of anilines is 1. The fourth-order valence-electron chi connectivity index (χ4n) is 4.85. The lowest BCUT2D eigenvalue weighted by Crippen LogP contribution is -2.50. The molecule has 0 radical (unpaired) electrons. The van der Waals surface area contributed by atoms with E-state index in [9.17, 15) is 9.90 Å². The van der Waals surface area contributed by atoms with Crippen LogP contribution in [-0.4, -0.2) is 99.3 Å². The van der Waals surface area contributed by atoms with Gasteiger partial charge in [0.25, 0.3) is 5.91 Å². The van der Waals surface area contributed by atoms with Crippen LogP contribution in [0.3, 0.4) is 0 Å². The molecule has 1 amide bonds. The molecule has 6 heterocycles. The Morgan fingerprint density at radius 3 is 2.75 bits per heavy atom. The van der Waals surface area contributed by atoms with Crippen molar-refractivity contribution in [3.63, 3.8) is 0 Å². The Balaban J connectivity index is 1.30. The van der Waals surface area contributed by atoms with Crippen molar-refractivity contribution in [3.05, 3.63) is 35.5 Å². The number of carbonyl (C=O) groups excluding carboxylic acids is 1. The fourth-order valence-corrected chi connectivity index (χ4v) is 5.92. The zero-order chi connectivity index (χ0) is 24.6. The summed E-state index contributed by atoms with van der Waals surface area (Å²) < 4.78 is 5.59. The van der Waals surface area contributed by atoms with Gasteiger partial charge >= 0.3 is 0 Å². The summed E-state index contributed by atoms with van der Waals surface area (Å²) in [4.78, 5) is 38.3. The third-order valence-electron chi connectivity index (χ3n) is 6.81. The summed E-state index contributed by atoms with van der Waals surface area (Å²) in [5, 5.41) is 11.7. The van der Waals surface area contributed by atoms with E-state index in [1.807, 2.05) is 18.5 Å². The lowest BCUT2D eigenvalue weighted by Gasteiger charge is -2.35. The molecule has 0 spiro atoms. The Morgan fingerprint density at radius 1 is 1.17 bits per heavy atom. The van der Waals surface area contributed by atoms with Gasteiger partial charge < -0.3 is 24.6 Å². The molecule has 1 atom stereocenters. The average Bonchev–Trinajstić information content (AvgIpc) is 3.54. The van der Waals surface area contributed by atoms with E-state index in [4.69, 9.17) is 14.7 Å². The number of morpholine rings is 1. The van der Waals surface area contributed by atoms with Gasteiger partial charge in [0.05, 0.1) is 18.6 Å². The largest absolute Gasteiger partial charge is 0.384 e. The monoisotopic (exact) mass is 507 g/mol. The summed E-state index contributed by atoms with van der Waals surface area (Å²) in [5.74, 6) is 1.43. The maximum Gasteiger partial charge on any atom is 0.251 e. The molecule has 0 aromatic carbocycles. The van der Waals surface area contributed by atoms with Crippen molar-refractivity contribution in [3.8, 4) is 11.4 Å². The van der Waals surface area contributed by atoms with Crippen LogP contribution in [-0.2, 0) is 16.1 Å². The topological polar surface area (TPSA) is 111 Å². The van der Waals surface area contributed by atoms with E-state index in [1.54, 1.807) is 16.2 Å². The summed E-state index contributed by atoms with van der Waals surface area (Å²) >= 11 is 1.70. The van der Waals surface area contributed by atoms with Gasteiger partial charge in [-0.1, -0.05) is 0 Å². The van der Waals surface area contributed by atoms with Crippen molar-refractivity contribution in [1.82, 2.24) is 29.7 Å². The van der Waals surface area contributed by atoms with E-state index >= 15 is 0 Å². The van der Waals surface area contributed by atoms with E-state index < -0.39 is 6.10 Å². The highest BCUT2D eigenvalue weighted by Crippen LogP contribution is 2.34. The molecule has 4 aromatic rings. The molecule has 2 saturated heterocycles. The Kier molecular flexibility index (Phi) is 6.30. The first-order valence-corrected chi connectivity index (χ1v) is 13.1. The number of carbonyl (C=O) groups is 1. The van der Waals surface area contributed by atoms with Crippen LogP contribution < -0.4 is 4.90 Å². The standard InChI is InChI=1S/C25H29N7O3S/c1-16(33)25(34)32-6-4-30(5-7-32)15-19-13-20-23(31-8-10-35-11-9-31)28-22(29-24(20)36-19)18-12-17-2-3-26-21(17)27-14-18/h2-3,12-14,16,33H,4-11,15H2,1H3,(H,26,27). The average molecular weight is 508 g/mol. The van der Waals surface area contributed by atoms with Crippen LogP contribution in [0.1, 0.15) is 11.8 Å². The van der Waals surface area contributed by atoms with Crippen LogP contribution in [0.2, 0.25) is 0 Å². The van der Waals surface area contributed by atoms with E-state index in [0.29, 0.717) is 32.1 Å². The van der Waals surface area contributed by atoms with Gasteiger partial charge in [-0.2, -0.15) is 0 Å². The SMILES string of the molecule is CC(O)C(=O)N1CCN(Cc2cc3c(N4CCOCC4)nc(-c4cnc5[nH]ccc5c4)nc3s2)CC1. The first-order valence-electron chi connectivity index (χ1n) is 12.3. The number of rotatable bonds is 5. The van der Waals surface area contributed by atoms with Crippen molar-refractivity contribution >= 4 is 44.3 Å². The molecule has 6 rings (SSSR count). The van der Waals surface area contributed by atoms with Gasteiger partial charge in [-0.3, -0.25) is 9.69 Å². The summed E-state index contributed by atoms with van der Waals surface area (Å²) in [6.45, 7) is 8.11. The maximum absolute atomic E-state index is 12.1. The highest BCUT2D eigenvalue weighted by molar-refractivity contribution is 7.18. The lowest BCUT2D eigenvalue weighted by atomic mass is 10.2. The number of H-pyrrole nitrogens is 1. The zero-order valence-electron chi connectivity index (χ0n) is 20.2. The number of amides is 1. The minimum absolute atomic E-state index is 0.193. The van der Waals surface area contributed by atoms with Crippen LogP contribution in [0.5, 0.6) is 0 Å². The smallest absolute Gasteiger partial charge is 0.251 e. The minimum Gasteiger partial charge on any atom is -0.384 e. The highest BCUT2D eigenvalue weighted by atomic mass is 32.1. The van der Waals surface area contributed by atoms with Gasteiger partial charge in [-0.05, 0) is 25.1 Å². The number of ether oxygens (including phenoxy) is 1. The molecule has 1 unspecified atom stereocenters. The van der Waals surface area contributed by atoms with E-state index in [0.717, 1.165) is 65.4 Å². The molecule has 0 saturated carbocycles. The third-order valence-corrected chi connectivity index (χ3v) is 7.83. The first-order chi connectivity index (χ1) is 17.5. The highest BCUT2D eigenvalue weighted by Gasteiger charge is 2.25. The normalized spacial score (nSPS) is 18.3. The van der Waals surface area contributed by atoms with E-state index in [-0.39, 0.29) is 5.91 Å². The summed E-state index contributed by atoms with van der Waals surface area (Å²) in [7, 11) is 0. The molecular weight excluding hydrogens is 478 g/mol. The molecule has 11 heteroatoms. The lowest BCUT2D eigenvalue weighted by molar-refractivity contribution is -0.141. The number of fused-ring (bicyclic) bond motifs is 2. The number of aromatic nitrogens is 4. The number of hydrogen-bond donors (Lipinski definition) is 2. The number of aliphatic hydroxyl groups excluding tert-OH is 1. The second kappa shape index (κ2) is 9.74. The molecule has 0 bridgehead atoms. The molecule has 10 nitrogen and oxygen atoms in total. The number of aromatic amines is 1. The number of thiophene rings is 1. The van der Waals surface area contributed by atoms with Gasteiger partial charge in [0.15, 0.2) is 5.82 Å². The maximum atomic E-state index is 12.1. The number of pyridine rings is 1. The molecule has 2 fully saturated rings. The second-order valence-electron chi connectivity index (χ2n) is 9.32. The first kappa shape index (κ1) is 23.3. The molecule has 2 N–H and O–H groups in total. The predicted octanol–water partition coefficient (Wildman–Crippen LogP) is 2.10. The Bertz CT molecular complexity index is 1390. The van der Waals surface area contributed by atoms with E-state index in [2.05, 4.69) is 31.9 Å². The van der Waals surface area contributed by atoms with Crippen LogP contribution >= 0.6 is 11.3 Å². The Hall–Kier alpha value is -3.12. The quantitative estimate of drug-likeness (QED) is 0.423. The summed E-state index contributed by atoms with van der Waals surface area (Å²) in [5.41, 5.74) is 1.74. The predicted molar refractivity (Wildman–Crippen MR) is 139 cm³/mol. The van der Waals surface area contributed by atoms with Gasteiger partial charge in [-0.15, -0.1) is 11.3 Å². The molecule has 188 valence electrons. The van der Waals surface area contributed by atoms with E-state index in [1.165, 1.54) is 11.8 Å². The van der Waals surface area contributed by atoms with Gasteiger partial charge in [-0.25, -0.2) is 15.0 Å². The van der Waals surface area contributed by atoms with Crippen LogP contribution in [0.4, 0.5) is 5.82 Å². The fraction of sp³-hybridized carbons (Fsp3) is 0.440. The Labute approximate surface area is 212 Å². The van der Waals surface area contributed by atoms with Crippen LogP contribution in [0, 0.1) is 0 Å². The number of nitrogens with zero attached hydrogens (tertiary/aromatic N) is 6. The number of aliphatic hydroxyl groups is 1. The van der Waals surface area contributed by atoms with Crippen LogP contribution in [0.15, 0.2) is 30.6 Å². The van der Waals surface area contributed by atoms with Gasteiger partial charge in [0.1, 0.15) is 22.4 Å². The van der Waals surface area contributed by atoms with Crippen molar-refractivity contribution in [2.24, 2.45) is 0 Å². The van der Waals surface area contributed by atoms with Crippen molar-refractivity contribution in [2.45, 2.75) is 19.6 Å². The van der Waals surface area contributed by atoms with Crippen molar-refractivity contribution in [2.75, 3.05) is 57.4 Å². The Morgan fingerprint density at radius 2 is 1.97 bits per heavy atom. The summed E-state index contributed by atoms with van der Waals surface area (Å²) in [6, 6.07) is 6.30. The van der Waals surface area contributed by atoms with Crippen molar-refractivity contribution < 1.29 is 14.6 Å². The number of piperazine rings is 1. The minimum atomic E-state index is -0.946. The van der Waals surface area contributed by atoms with Crippen LogP contribution in [0.25, 0.3) is 32.6 Å². The molecule has 4 aromatic heterocycles. The molecule has 0 aliphatic carbocycles. The molecular formula is C25H29N7O3S. The molecule has 2 aliphatic heterocycles. The molecule has 2 aliphatic rings. The molecule has 36 heavy (non-hydrogen) atoms. The number of hydrogen-bond acceptors (Lipinski definition) is 9. The second-order valence-corrected chi connectivity index (χ2v) is 10.4. The zero-order valence-corrected chi connectivity index (χ0v) is 21.0. The summed E-state index contributed by atoms with van der Waals surface area (Å²) in [6.07, 6.45) is 2.76.